The highest BCUT2D eigenvalue weighted by atomic mass is 35.5. The van der Waals surface area contributed by atoms with Gasteiger partial charge in [-0.2, -0.15) is 5.10 Å². The Morgan fingerprint density at radius 3 is 2.15 bits per heavy atom. The molecule has 0 saturated heterocycles. The van der Waals surface area contributed by atoms with Crippen LogP contribution in [-0.4, -0.2) is 23.2 Å². The quantitative estimate of drug-likeness (QED) is 0.648. The van der Waals surface area contributed by atoms with E-state index in [0.717, 1.165) is 16.8 Å². The van der Waals surface area contributed by atoms with Gasteiger partial charge in [-0.1, -0.05) is 72.3 Å². The molecule has 1 amide bonds. The second-order valence-electron chi connectivity index (χ2n) is 6.21. The van der Waals surface area contributed by atoms with Gasteiger partial charge in [-0.05, 0) is 35.4 Å². The third-order valence-electron chi connectivity index (χ3n) is 4.51. The molecule has 3 nitrogen and oxygen atoms in total. The SMILES string of the molecule is O=C(c1ccccc1)N1C[C@@H](c2ccccc2)C(c2ccc(Cl)cc2)=N1. The van der Waals surface area contributed by atoms with E-state index in [0.29, 0.717) is 17.1 Å². The van der Waals surface area contributed by atoms with Crippen LogP contribution >= 0.6 is 11.6 Å². The second-order valence-corrected chi connectivity index (χ2v) is 6.65. The van der Waals surface area contributed by atoms with Gasteiger partial charge in [0.15, 0.2) is 0 Å². The van der Waals surface area contributed by atoms with Gasteiger partial charge < -0.3 is 0 Å². The molecule has 4 rings (SSSR count). The highest BCUT2D eigenvalue weighted by Crippen LogP contribution is 2.30. The third kappa shape index (κ3) is 3.26. The summed E-state index contributed by atoms with van der Waals surface area (Å²) in [6.45, 7) is 0.524. The van der Waals surface area contributed by atoms with E-state index in [4.69, 9.17) is 11.6 Å². The van der Waals surface area contributed by atoms with Gasteiger partial charge in [0, 0.05) is 16.5 Å². The molecule has 0 fully saturated rings. The molecule has 0 N–H and O–H groups in total. The van der Waals surface area contributed by atoms with E-state index in [9.17, 15) is 4.79 Å². The maximum Gasteiger partial charge on any atom is 0.273 e. The molecule has 0 bridgehead atoms. The molecule has 0 aromatic heterocycles. The summed E-state index contributed by atoms with van der Waals surface area (Å²) in [5.74, 6) is -0.0551. The molecule has 3 aromatic rings. The van der Waals surface area contributed by atoms with Crippen molar-refractivity contribution < 1.29 is 4.79 Å². The fraction of sp³-hybridized carbons (Fsp3) is 0.0909. The van der Waals surface area contributed by atoms with E-state index in [1.807, 2.05) is 72.8 Å². The normalized spacial score (nSPS) is 16.4. The van der Waals surface area contributed by atoms with Crippen molar-refractivity contribution >= 4 is 23.2 Å². The monoisotopic (exact) mass is 360 g/mol. The minimum atomic E-state index is -0.0875. The standard InChI is InChI=1S/C22H17ClN2O/c23-19-13-11-17(12-14-19)21-20(16-7-3-1-4-8-16)15-25(24-21)22(26)18-9-5-2-6-10-18/h1-14,20H,15H2/t20-/m0/s1. The number of hydrogen-bond donors (Lipinski definition) is 0. The number of nitrogens with zero attached hydrogens (tertiary/aromatic N) is 2. The summed E-state index contributed by atoms with van der Waals surface area (Å²) >= 11 is 6.03. The lowest BCUT2D eigenvalue weighted by Gasteiger charge is -2.15. The van der Waals surface area contributed by atoms with Gasteiger partial charge in [0.05, 0.1) is 12.3 Å². The number of benzene rings is 3. The van der Waals surface area contributed by atoms with Gasteiger partial charge in [0.1, 0.15) is 0 Å². The molecular formula is C22H17ClN2O. The van der Waals surface area contributed by atoms with E-state index < -0.39 is 0 Å². The zero-order chi connectivity index (χ0) is 17.9. The average Bonchev–Trinajstić information content (AvgIpc) is 3.15. The molecule has 26 heavy (non-hydrogen) atoms. The number of amides is 1. The van der Waals surface area contributed by atoms with Crippen LogP contribution in [0, 0.1) is 0 Å². The van der Waals surface area contributed by atoms with Crippen molar-refractivity contribution in [3.05, 3.63) is 107 Å². The lowest BCUT2D eigenvalue weighted by Crippen LogP contribution is -2.25. The average molecular weight is 361 g/mol. The summed E-state index contributed by atoms with van der Waals surface area (Å²) < 4.78 is 0. The molecule has 0 unspecified atom stereocenters. The number of carbonyl (C=O) groups excluding carboxylic acids is 1. The predicted octanol–water partition coefficient (Wildman–Crippen LogP) is 4.98. The summed E-state index contributed by atoms with van der Waals surface area (Å²) in [6, 6.07) is 27.0. The molecule has 1 aliphatic rings. The van der Waals surface area contributed by atoms with E-state index in [-0.39, 0.29) is 11.8 Å². The summed E-state index contributed by atoms with van der Waals surface area (Å²) in [5, 5.41) is 6.93. The van der Waals surface area contributed by atoms with Crippen LogP contribution in [0.25, 0.3) is 0 Å². The Bertz CT molecular complexity index is 937. The molecule has 4 heteroatoms. The first kappa shape index (κ1) is 16.6. The first-order valence-corrected chi connectivity index (χ1v) is 8.86. The third-order valence-corrected chi connectivity index (χ3v) is 4.76. The van der Waals surface area contributed by atoms with Crippen LogP contribution in [0.4, 0.5) is 0 Å². The number of hydrazone groups is 1. The van der Waals surface area contributed by atoms with Gasteiger partial charge in [-0.25, -0.2) is 5.01 Å². The van der Waals surface area contributed by atoms with Crippen molar-refractivity contribution in [1.29, 1.82) is 0 Å². The van der Waals surface area contributed by atoms with Gasteiger partial charge in [-0.15, -0.1) is 0 Å². The zero-order valence-corrected chi connectivity index (χ0v) is 14.8. The predicted molar refractivity (Wildman–Crippen MR) is 105 cm³/mol. The molecular weight excluding hydrogens is 344 g/mol. The Kier molecular flexibility index (Phi) is 4.55. The Balaban J connectivity index is 1.72. The van der Waals surface area contributed by atoms with E-state index in [2.05, 4.69) is 17.2 Å². The van der Waals surface area contributed by atoms with Crippen LogP contribution in [0.1, 0.15) is 27.4 Å². The summed E-state index contributed by atoms with van der Waals surface area (Å²) in [7, 11) is 0. The second kappa shape index (κ2) is 7.14. The van der Waals surface area contributed by atoms with Crippen LogP contribution in [-0.2, 0) is 0 Å². The molecule has 0 aliphatic carbocycles. The van der Waals surface area contributed by atoms with E-state index >= 15 is 0 Å². The Labute approximate surface area is 157 Å². The zero-order valence-electron chi connectivity index (χ0n) is 14.0. The fourth-order valence-corrected chi connectivity index (χ4v) is 3.31. The van der Waals surface area contributed by atoms with Gasteiger partial charge in [-0.3, -0.25) is 4.79 Å². The smallest absolute Gasteiger partial charge is 0.267 e. The molecule has 0 spiro atoms. The Morgan fingerprint density at radius 1 is 0.885 bits per heavy atom. The maximum absolute atomic E-state index is 12.9. The van der Waals surface area contributed by atoms with Crippen LogP contribution in [0.15, 0.2) is 90.0 Å². The minimum Gasteiger partial charge on any atom is -0.267 e. The van der Waals surface area contributed by atoms with Crippen LogP contribution in [0.2, 0.25) is 5.02 Å². The van der Waals surface area contributed by atoms with Gasteiger partial charge >= 0.3 is 0 Å². The molecule has 128 valence electrons. The van der Waals surface area contributed by atoms with Crippen LogP contribution in [0.3, 0.4) is 0 Å². The maximum atomic E-state index is 12.9. The van der Waals surface area contributed by atoms with Crippen molar-refractivity contribution in [3.8, 4) is 0 Å². The fourth-order valence-electron chi connectivity index (χ4n) is 3.19. The molecule has 0 radical (unpaired) electrons. The van der Waals surface area contributed by atoms with Crippen LogP contribution < -0.4 is 0 Å². The lowest BCUT2D eigenvalue weighted by molar-refractivity contribution is 0.0774. The largest absolute Gasteiger partial charge is 0.273 e. The number of carbonyl (C=O) groups is 1. The Morgan fingerprint density at radius 2 is 1.50 bits per heavy atom. The summed E-state index contributed by atoms with van der Waals surface area (Å²) in [4.78, 5) is 12.9. The molecule has 1 aliphatic heterocycles. The number of hydrogen-bond acceptors (Lipinski definition) is 2. The highest BCUT2D eigenvalue weighted by molar-refractivity contribution is 6.30. The van der Waals surface area contributed by atoms with E-state index in [1.54, 1.807) is 5.01 Å². The molecule has 3 aromatic carbocycles. The minimum absolute atomic E-state index is 0.0324. The first-order chi connectivity index (χ1) is 12.7. The topological polar surface area (TPSA) is 32.7 Å². The summed E-state index contributed by atoms with van der Waals surface area (Å²) in [6.07, 6.45) is 0. The lowest BCUT2D eigenvalue weighted by atomic mass is 9.90. The highest BCUT2D eigenvalue weighted by Gasteiger charge is 2.32. The molecule has 0 saturated carbocycles. The first-order valence-electron chi connectivity index (χ1n) is 8.48. The van der Waals surface area contributed by atoms with Gasteiger partial charge in [0.25, 0.3) is 5.91 Å². The van der Waals surface area contributed by atoms with Crippen molar-refractivity contribution in [1.82, 2.24) is 5.01 Å². The van der Waals surface area contributed by atoms with Crippen LogP contribution in [0.5, 0.6) is 0 Å². The number of halogens is 1. The molecule has 1 heterocycles. The van der Waals surface area contributed by atoms with E-state index in [1.165, 1.54) is 0 Å². The van der Waals surface area contributed by atoms with Crippen molar-refractivity contribution in [3.63, 3.8) is 0 Å². The molecule has 1 atom stereocenters. The van der Waals surface area contributed by atoms with Crippen molar-refractivity contribution in [2.75, 3.05) is 6.54 Å². The number of rotatable bonds is 3. The van der Waals surface area contributed by atoms with Crippen molar-refractivity contribution in [2.24, 2.45) is 5.10 Å². The summed E-state index contributed by atoms with van der Waals surface area (Å²) in [5.41, 5.74) is 3.65. The van der Waals surface area contributed by atoms with Crippen molar-refractivity contribution in [2.45, 2.75) is 5.92 Å². The van der Waals surface area contributed by atoms with Gasteiger partial charge in [0.2, 0.25) is 0 Å². The Hall–Kier alpha value is -2.91.